The van der Waals surface area contributed by atoms with E-state index in [1.807, 2.05) is 6.92 Å². The van der Waals surface area contributed by atoms with Crippen LogP contribution in [0.3, 0.4) is 0 Å². The summed E-state index contributed by atoms with van der Waals surface area (Å²) in [6, 6.07) is 4.89. The highest BCUT2D eigenvalue weighted by Crippen LogP contribution is 2.20. The number of aliphatic hydroxyl groups excluding tert-OH is 1. The highest BCUT2D eigenvalue weighted by atomic mass is 32.2. The van der Waals surface area contributed by atoms with Crippen LogP contribution in [-0.4, -0.2) is 23.3 Å². The lowest BCUT2D eigenvalue weighted by Crippen LogP contribution is -2.14. The molecule has 1 unspecified atom stereocenters. The van der Waals surface area contributed by atoms with Crippen molar-refractivity contribution in [2.45, 2.75) is 12.7 Å². The van der Waals surface area contributed by atoms with Crippen LogP contribution >= 0.6 is 11.8 Å². The average Bonchev–Trinajstić information content (AvgIpc) is 2.30. The number of amidine groups is 1. The van der Waals surface area contributed by atoms with Crippen LogP contribution in [0.2, 0.25) is 0 Å². The summed E-state index contributed by atoms with van der Waals surface area (Å²) >= 11 is 1.56. The lowest BCUT2D eigenvalue weighted by Gasteiger charge is -2.09. The summed E-state index contributed by atoms with van der Waals surface area (Å²) in [7, 11) is 0. The number of rotatable bonds is 6. The second kappa shape index (κ2) is 6.61. The highest BCUT2D eigenvalue weighted by Gasteiger charge is 2.10. The van der Waals surface area contributed by atoms with Gasteiger partial charge in [0.2, 0.25) is 0 Å². The second-order valence-electron chi connectivity index (χ2n) is 4.00. The maximum Gasteiger partial charge on any atom is 0.138 e. The number of benzene rings is 1. The van der Waals surface area contributed by atoms with E-state index in [1.54, 1.807) is 23.9 Å². The van der Waals surface area contributed by atoms with Crippen LogP contribution in [0.1, 0.15) is 18.1 Å². The Kier molecular flexibility index (Phi) is 5.44. The molecule has 1 aromatic rings. The van der Waals surface area contributed by atoms with Gasteiger partial charge in [-0.15, -0.1) is 0 Å². The van der Waals surface area contributed by atoms with Gasteiger partial charge >= 0.3 is 0 Å². The molecule has 0 aromatic heterocycles. The van der Waals surface area contributed by atoms with Gasteiger partial charge in [0.05, 0.1) is 5.56 Å². The molecule has 94 valence electrons. The molecule has 17 heavy (non-hydrogen) atoms. The van der Waals surface area contributed by atoms with E-state index in [9.17, 15) is 4.39 Å². The largest absolute Gasteiger partial charge is 0.396 e. The zero-order valence-electron chi connectivity index (χ0n) is 9.74. The molecular formula is C12H17FN2OS. The van der Waals surface area contributed by atoms with Crippen molar-refractivity contribution in [3.05, 3.63) is 35.1 Å². The third-order valence-electron chi connectivity index (χ3n) is 2.34. The number of nitrogens with one attached hydrogen (secondary N) is 1. The van der Waals surface area contributed by atoms with Gasteiger partial charge in [0.1, 0.15) is 11.7 Å². The molecule has 0 aliphatic carbocycles. The van der Waals surface area contributed by atoms with Gasteiger partial charge in [0, 0.05) is 12.4 Å². The van der Waals surface area contributed by atoms with Gasteiger partial charge in [0.25, 0.3) is 0 Å². The van der Waals surface area contributed by atoms with Crippen molar-refractivity contribution in [1.29, 1.82) is 5.41 Å². The van der Waals surface area contributed by atoms with Gasteiger partial charge in [-0.2, -0.15) is 11.8 Å². The van der Waals surface area contributed by atoms with Crippen molar-refractivity contribution < 1.29 is 9.50 Å². The fourth-order valence-corrected chi connectivity index (χ4v) is 2.39. The quantitative estimate of drug-likeness (QED) is 0.538. The first-order valence-electron chi connectivity index (χ1n) is 5.36. The molecule has 5 heteroatoms. The fourth-order valence-electron chi connectivity index (χ4n) is 1.32. The molecular weight excluding hydrogens is 239 g/mol. The smallest absolute Gasteiger partial charge is 0.138 e. The fraction of sp³-hybridized carbons (Fsp3) is 0.417. The molecule has 0 saturated carbocycles. The van der Waals surface area contributed by atoms with Crippen molar-refractivity contribution in [3.63, 3.8) is 0 Å². The predicted molar refractivity (Wildman–Crippen MR) is 69.8 cm³/mol. The molecule has 0 heterocycles. The Hall–Kier alpha value is -1.07. The van der Waals surface area contributed by atoms with E-state index in [0.717, 1.165) is 5.75 Å². The molecule has 0 amide bonds. The normalized spacial score (nSPS) is 12.4. The summed E-state index contributed by atoms with van der Waals surface area (Å²) in [4.78, 5) is 0. The first-order chi connectivity index (χ1) is 8.06. The number of nitrogen functional groups attached to an aromatic ring is 1. The molecule has 0 fully saturated rings. The first-order valence-corrected chi connectivity index (χ1v) is 6.52. The monoisotopic (exact) mass is 256 g/mol. The first kappa shape index (κ1) is 14.0. The van der Waals surface area contributed by atoms with Crippen molar-refractivity contribution in [2.24, 2.45) is 11.7 Å². The van der Waals surface area contributed by atoms with Crippen LogP contribution in [0.25, 0.3) is 0 Å². The van der Waals surface area contributed by atoms with Gasteiger partial charge in [0.15, 0.2) is 0 Å². The Labute approximate surface area is 105 Å². The molecule has 0 radical (unpaired) electrons. The number of halogens is 1. The second-order valence-corrected chi connectivity index (χ2v) is 5.03. The van der Waals surface area contributed by atoms with Gasteiger partial charge in [-0.3, -0.25) is 5.41 Å². The van der Waals surface area contributed by atoms with Crippen LogP contribution in [0.5, 0.6) is 0 Å². The third kappa shape index (κ3) is 4.02. The SMILES string of the molecule is CC(CO)CSCc1cccc(C(=N)N)c1F. The summed E-state index contributed by atoms with van der Waals surface area (Å²) in [5.74, 6) is 0.846. The van der Waals surface area contributed by atoms with E-state index in [0.29, 0.717) is 11.3 Å². The number of hydrogen-bond acceptors (Lipinski definition) is 3. The molecule has 0 bridgehead atoms. The highest BCUT2D eigenvalue weighted by molar-refractivity contribution is 7.98. The maximum absolute atomic E-state index is 13.8. The summed E-state index contributed by atoms with van der Waals surface area (Å²) in [5, 5.41) is 16.1. The van der Waals surface area contributed by atoms with Crippen molar-refractivity contribution in [3.8, 4) is 0 Å². The van der Waals surface area contributed by atoms with E-state index in [1.165, 1.54) is 6.07 Å². The van der Waals surface area contributed by atoms with Crippen molar-refractivity contribution in [1.82, 2.24) is 0 Å². The van der Waals surface area contributed by atoms with Crippen LogP contribution in [0, 0.1) is 17.1 Å². The predicted octanol–water partition coefficient (Wildman–Crippen LogP) is 1.97. The van der Waals surface area contributed by atoms with E-state index < -0.39 is 5.82 Å². The van der Waals surface area contributed by atoms with E-state index >= 15 is 0 Å². The summed E-state index contributed by atoms with van der Waals surface area (Å²) in [6.07, 6.45) is 0. The van der Waals surface area contributed by atoms with E-state index in [2.05, 4.69) is 0 Å². The van der Waals surface area contributed by atoms with Gasteiger partial charge in [-0.05, 0) is 23.3 Å². The van der Waals surface area contributed by atoms with Crippen LogP contribution in [0.4, 0.5) is 4.39 Å². The molecule has 0 saturated heterocycles. The zero-order valence-corrected chi connectivity index (χ0v) is 10.6. The molecule has 3 nitrogen and oxygen atoms in total. The van der Waals surface area contributed by atoms with Gasteiger partial charge in [-0.1, -0.05) is 19.1 Å². The number of hydrogen-bond donors (Lipinski definition) is 3. The Morgan fingerprint density at radius 2 is 2.29 bits per heavy atom. The van der Waals surface area contributed by atoms with E-state index in [-0.39, 0.29) is 23.9 Å². The molecule has 0 aliphatic rings. The minimum Gasteiger partial charge on any atom is -0.396 e. The van der Waals surface area contributed by atoms with Crippen molar-refractivity contribution >= 4 is 17.6 Å². The van der Waals surface area contributed by atoms with Crippen LogP contribution in [0.15, 0.2) is 18.2 Å². The minimum absolute atomic E-state index is 0.142. The van der Waals surface area contributed by atoms with Crippen LogP contribution in [-0.2, 0) is 5.75 Å². The molecule has 1 rings (SSSR count). The zero-order chi connectivity index (χ0) is 12.8. The summed E-state index contributed by atoms with van der Waals surface area (Å²) in [6.45, 7) is 2.08. The Bertz CT molecular complexity index is 398. The topological polar surface area (TPSA) is 70.1 Å². The third-order valence-corrected chi connectivity index (χ3v) is 3.66. The Morgan fingerprint density at radius 1 is 1.59 bits per heavy atom. The number of aliphatic hydroxyl groups is 1. The molecule has 1 aromatic carbocycles. The van der Waals surface area contributed by atoms with Gasteiger partial charge < -0.3 is 10.8 Å². The lowest BCUT2D eigenvalue weighted by molar-refractivity contribution is 0.250. The molecule has 4 N–H and O–H groups in total. The van der Waals surface area contributed by atoms with E-state index in [4.69, 9.17) is 16.2 Å². The Balaban J connectivity index is 2.66. The summed E-state index contributed by atoms with van der Waals surface area (Å²) in [5.41, 5.74) is 5.99. The number of nitrogens with two attached hydrogens (primary N) is 1. The molecule has 1 atom stereocenters. The average molecular weight is 256 g/mol. The lowest BCUT2D eigenvalue weighted by atomic mass is 10.1. The molecule has 0 spiro atoms. The van der Waals surface area contributed by atoms with Crippen molar-refractivity contribution in [2.75, 3.05) is 12.4 Å². The maximum atomic E-state index is 13.8. The molecule has 0 aliphatic heterocycles. The van der Waals surface area contributed by atoms with Crippen LogP contribution < -0.4 is 5.73 Å². The standard InChI is InChI=1S/C12H17FN2OS/c1-8(5-16)6-17-7-9-3-2-4-10(11(9)13)12(14)15/h2-4,8,16H,5-7H2,1H3,(H3,14,15). The Morgan fingerprint density at radius 3 is 2.88 bits per heavy atom. The number of thioether (sulfide) groups is 1. The minimum atomic E-state index is -0.413. The summed E-state index contributed by atoms with van der Waals surface area (Å²) < 4.78 is 13.8. The van der Waals surface area contributed by atoms with Gasteiger partial charge in [-0.25, -0.2) is 4.39 Å².